The molecule has 0 bridgehead atoms. The van der Waals surface area contributed by atoms with E-state index in [2.05, 4.69) is 0 Å². The number of hydrogen-bond donors (Lipinski definition) is 1. The number of alkyl halides is 3. The van der Waals surface area contributed by atoms with Crippen LogP contribution in [-0.4, -0.2) is 25.6 Å². The molecule has 1 aromatic rings. The third-order valence-electron chi connectivity index (χ3n) is 3.29. The van der Waals surface area contributed by atoms with Crippen molar-refractivity contribution in [2.75, 3.05) is 24.2 Å². The van der Waals surface area contributed by atoms with E-state index >= 15 is 0 Å². The van der Waals surface area contributed by atoms with Gasteiger partial charge < -0.3 is 10.6 Å². The van der Waals surface area contributed by atoms with Crippen molar-refractivity contribution in [3.63, 3.8) is 0 Å². The number of nitrogens with two attached hydrogens (primary N) is 1. The minimum absolute atomic E-state index is 0.0502. The summed E-state index contributed by atoms with van der Waals surface area (Å²) in [5, 5.41) is 9.46. The maximum Gasteiger partial charge on any atom is 0.390 e. The summed E-state index contributed by atoms with van der Waals surface area (Å²) in [5.74, 6) is -0.157. The van der Waals surface area contributed by atoms with E-state index in [4.69, 9.17) is 11.0 Å². The number of hydrogen-bond acceptors (Lipinski definition) is 5. The van der Waals surface area contributed by atoms with E-state index in [0.717, 1.165) is 24.2 Å². The van der Waals surface area contributed by atoms with E-state index in [9.17, 15) is 18.0 Å². The maximum atomic E-state index is 12.3. The Labute approximate surface area is 124 Å². The molecule has 0 spiro atoms. The molecule has 0 atom stereocenters. The van der Waals surface area contributed by atoms with E-state index in [1.807, 2.05) is 6.07 Å². The first-order valence-electron chi connectivity index (χ1n) is 6.39. The van der Waals surface area contributed by atoms with Crippen molar-refractivity contribution in [2.45, 2.75) is 25.4 Å². The molecule has 0 aromatic carbocycles. The van der Waals surface area contributed by atoms with Crippen LogP contribution in [0.1, 0.15) is 34.5 Å². The van der Waals surface area contributed by atoms with Gasteiger partial charge in [0.1, 0.15) is 16.6 Å². The maximum absolute atomic E-state index is 12.3. The zero-order valence-corrected chi connectivity index (χ0v) is 12.1. The molecule has 1 heterocycles. The lowest BCUT2D eigenvalue weighted by atomic mass is 10.1. The van der Waals surface area contributed by atoms with Crippen LogP contribution in [0.25, 0.3) is 0 Å². The fraction of sp³-hybridized carbons (Fsp3) is 0.538. The number of halogens is 3. The van der Waals surface area contributed by atoms with Crippen molar-refractivity contribution in [3.05, 3.63) is 10.4 Å². The highest BCUT2D eigenvalue weighted by Gasteiger charge is 2.35. The van der Waals surface area contributed by atoms with Crippen LogP contribution in [-0.2, 0) is 0 Å². The van der Waals surface area contributed by atoms with Crippen LogP contribution in [0.4, 0.5) is 23.9 Å². The highest BCUT2D eigenvalue weighted by atomic mass is 32.1. The number of nitrogen functional groups attached to an aromatic ring is 1. The van der Waals surface area contributed by atoms with Gasteiger partial charge in [-0.1, -0.05) is 0 Å². The molecule has 8 heteroatoms. The smallest absolute Gasteiger partial charge is 0.390 e. The summed E-state index contributed by atoms with van der Waals surface area (Å²) in [6.07, 6.45) is -3.65. The second kappa shape index (κ2) is 5.56. The second-order valence-electron chi connectivity index (χ2n) is 5.06. The number of carbonyl (C=O) groups excluding carboxylic acids is 1. The first-order chi connectivity index (χ1) is 9.74. The van der Waals surface area contributed by atoms with Crippen LogP contribution in [0.15, 0.2) is 0 Å². The zero-order chi connectivity index (χ0) is 15.8. The number of carbonyl (C=O) groups is 1. The van der Waals surface area contributed by atoms with E-state index in [1.54, 1.807) is 0 Å². The Morgan fingerprint density at radius 3 is 2.62 bits per heavy atom. The number of ketones is 1. The lowest BCUT2D eigenvalue weighted by Crippen LogP contribution is -2.23. The predicted molar refractivity (Wildman–Crippen MR) is 74.4 cm³/mol. The highest BCUT2D eigenvalue weighted by molar-refractivity contribution is 7.19. The van der Waals surface area contributed by atoms with Crippen LogP contribution in [0, 0.1) is 17.2 Å². The molecular weight excluding hydrogens is 303 g/mol. The van der Waals surface area contributed by atoms with Gasteiger partial charge in [0.2, 0.25) is 0 Å². The fourth-order valence-electron chi connectivity index (χ4n) is 1.92. The van der Waals surface area contributed by atoms with Gasteiger partial charge in [-0.2, -0.15) is 18.4 Å². The minimum atomic E-state index is -4.27. The SMILES string of the molecule is CN(CCC(F)(F)F)c1sc(C(=O)C2CC2)c(N)c1C#N. The van der Waals surface area contributed by atoms with Gasteiger partial charge in [0.25, 0.3) is 0 Å². The average molecular weight is 317 g/mol. The van der Waals surface area contributed by atoms with Gasteiger partial charge >= 0.3 is 6.18 Å². The van der Waals surface area contributed by atoms with Gasteiger partial charge in [-0.15, -0.1) is 11.3 Å². The third-order valence-corrected chi connectivity index (χ3v) is 4.62. The monoisotopic (exact) mass is 317 g/mol. The van der Waals surface area contributed by atoms with E-state index in [-0.39, 0.29) is 29.5 Å². The topological polar surface area (TPSA) is 70.1 Å². The molecule has 0 unspecified atom stereocenters. The van der Waals surface area contributed by atoms with Crippen molar-refractivity contribution in [1.29, 1.82) is 5.26 Å². The number of rotatable bonds is 5. The standard InChI is InChI=1S/C13H14F3N3OS/c1-19(5-4-13(14,15)16)12-8(6-17)9(18)11(21-12)10(20)7-2-3-7/h7H,2-5,18H2,1H3. The van der Waals surface area contributed by atoms with Crippen molar-refractivity contribution in [1.82, 2.24) is 0 Å². The van der Waals surface area contributed by atoms with Gasteiger partial charge in [-0.3, -0.25) is 4.79 Å². The minimum Gasteiger partial charge on any atom is -0.396 e. The Morgan fingerprint density at radius 2 is 2.14 bits per heavy atom. The Kier molecular flexibility index (Phi) is 4.14. The number of thiophene rings is 1. The summed E-state index contributed by atoms with van der Waals surface area (Å²) in [6.45, 7) is -0.283. The molecule has 21 heavy (non-hydrogen) atoms. The Balaban J connectivity index is 2.24. The Bertz CT molecular complexity index is 599. The summed E-state index contributed by atoms with van der Waals surface area (Å²) in [7, 11) is 1.46. The van der Waals surface area contributed by atoms with E-state index < -0.39 is 12.6 Å². The average Bonchev–Trinajstić information content (AvgIpc) is 3.18. The molecule has 114 valence electrons. The number of nitrogens with zero attached hydrogens (tertiary/aromatic N) is 2. The summed E-state index contributed by atoms with van der Waals surface area (Å²) in [4.78, 5) is 13.7. The van der Waals surface area contributed by atoms with Gasteiger partial charge in [0, 0.05) is 19.5 Å². The molecule has 1 aliphatic rings. The van der Waals surface area contributed by atoms with Crippen molar-refractivity contribution in [3.8, 4) is 6.07 Å². The van der Waals surface area contributed by atoms with Crippen molar-refractivity contribution in [2.24, 2.45) is 5.92 Å². The second-order valence-corrected chi connectivity index (χ2v) is 6.06. The number of nitriles is 1. The fourth-order valence-corrected chi connectivity index (χ4v) is 3.10. The van der Waals surface area contributed by atoms with Crippen LogP contribution >= 0.6 is 11.3 Å². The van der Waals surface area contributed by atoms with Gasteiger partial charge in [0.05, 0.1) is 17.0 Å². The quantitative estimate of drug-likeness (QED) is 0.847. The van der Waals surface area contributed by atoms with Gasteiger partial charge in [-0.05, 0) is 12.8 Å². The predicted octanol–water partition coefficient (Wildman–Crippen LogP) is 3.18. The van der Waals surface area contributed by atoms with Gasteiger partial charge in [-0.25, -0.2) is 0 Å². The lowest BCUT2D eigenvalue weighted by molar-refractivity contribution is -0.132. The summed E-state index contributed by atoms with van der Waals surface area (Å²) < 4.78 is 36.8. The molecule has 1 aliphatic carbocycles. The first-order valence-corrected chi connectivity index (χ1v) is 7.20. The lowest BCUT2D eigenvalue weighted by Gasteiger charge is -2.18. The van der Waals surface area contributed by atoms with Gasteiger partial charge in [0.15, 0.2) is 5.78 Å². The van der Waals surface area contributed by atoms with E-state index in [0.29, 0.717) is 9.88 Å². The summed E-state index contributed by atoms with van der Waals surface area (Å²) in [6, 6.07) is 1.89. The summed E-state index contributed by atoms with van der Waals surface area (Å²) >= 11 is 1.01. The highest BCUT2D eigenvalue weighted by Crippen LogP contribution is 2.42. The molecule has 4 nitrogen and oxygen atoms in total. The molecule has 0 saturated heterocycles. The Morgan fingerprint density at radius 1 is 1.52 bits per heavy atom. The van der Waals surface area contributed by atoms with Crippen LogP contribution in [0.5, 0.6) is 0 Å². The molecule has 0 amide bonds. The molecule has 1 fully saturated rings. The van der Waals surface area contributed by atoms with Crippen LogP contribution < -0.4 is 10.6 Å². The largest absolute Gasteiger partial charge is 0.396 e. The number of Topliss-reactive ketones (excluding diaryl/α,β-unsaturated/α-hetero) is 1. The van der Waals surface area contributed by atoms with Crippen molar-refractivity contribution >= 4 is 27.8 Å². The summed E-state index contributed by atoms with van der Waals surface area (Å²) in [5.41, 5.74) is 6.00. The molecule has 2 N–H and O–H groups in total. The number of anilines is 2. The molecule has 1 saturated carbocycles. The normalized spacial score (nSPS) is 14.8. The Hall–Kier alpha value is -1.75. The van der Waals surface area contributed by atoms with Crippen LogP contribution in [0.2, 0.25) is 0 Å². The molecule has 1 aromatic heterocycles. The van der Waals surface area contributed by atoms with E-state index in [1.165, 1.54) is 11.9 Å². The third kappa shape index (κ3) is 3.47. The van der Waals surface area contributed by atoms with Crippen LogP contribution in [0.3, 0.4) is 0 Å². The van der Waals surface area contributed by atoms with Crippen molar-refractivity contribution < 1.29 is 18.0 Å². The zero-order valence-electron chi connectivity index (χ0n) is 11.3. The first kappa shape index (κ1) is 15.6. The molecule has 2 rings (SSSR count). The molecule has 0 aliphatic heterocycles. The molecule has 0 radical (unpaired) electrons. The molecular formula is C13H14F3N3OS.